The molecule has 0 amide bonds. The van der Waals surface area contributed by atoms with E-state index in [4.69, 9.17) is 11.6 Å². The van der Waals surface area contributed by atoms with Gasteiger partial charge in [-0.3, -0.25) is 0 Å². The summed E-state index contributed by atoms with van der Waals surface area (Å²) in [6.07, 6.45) is 0. The van der Waals surface area contributed by atoms with Crippen molar-refractivity contribution in [2.45, 2.75) is 13.5 Å². The maximum Gasteiger partial charge on any atom is 0.0757 e. The van der Waals surface area contributed by atoms with E-state index >= 15 is 0 Å². The first-order valence-electron chi connectivity index (χ1n) is 3.53. The minimum absolute atomic E-state index is 0.518. The molecule has 0 radical (unpaired) electrons. The zero-order chi connectivity index (χ0) is 8.97. The summed E-state index contributed by atoms with van der Waals surface area (Å²) >= 11 is 10.5. The Morgan fingerprint density at radius 2 is 2.33 bits per heavy atom. The molecule has 0 N–H and O–H groups in total. The minimum Gasteiger partial charge on any atom is -0.228 e. The number of isothiocyanates is 1. The van der Waals surface area contributed by atoms with Crippen LogP contribution in [-0.2, 0) is 6.54 Å². The van der Waals surface area contributed by atoms with Crippen LogP contribution < -0.4 is 0 Å². The largest absolute Gasteiger partial charge is 0.228 e. The molecule has 0 saturated carbocycles. The van der Waals surface area contributed by atoms with Gasteiger partial charge < -0.3 is 0 Å². The number of thiocarbonyl (C=S) groups is 1. The lowest BCUT2D eigenvalue weighted by molar-refractivity contribution is 1.08. The Bertz CT molecular complexity index is 329. The smallest absolute Gasteiger partial charge is 0.0757 e. The molecular formula is C9H8ClNS. The molecule has 0 saturated heterocycles. The van der Waals surface area contributed by atoms with Crippen molar-refractivity contribution in [2.75, 3.05) is 0 Å². The second-order valence-corrected chi connectivity index (χ2v) is 3.02. The normalized spacial score (nSPS) is 9.17. The lowest BCUT2D eigenvalue weighted by Gasteiger charge is -2.01. The predicted molar refractivity (Wildman–Crippen MR) is 54.9 cm³/mol. The summed E-state index contributed by atoms with van der Waals surface area (Å²) in [6.45, 7) is 2.48. The van der Waals surface area contributed by atoms with Gasteiger partial charge in [0.15, 0.2) is 0 Å². The first-order chi connectivity index (χ1) is 5.75. The van der Waals surface area contributed by atoms with Crippen molar-refractivity contribution in [3.05, 3.63) is 34.3 Å². The molecule has 0 unspecified atom stereocenters. The summed E-state index contributed by atoms with van der Waals surface area (Å²) in [4.78, 5) is 3.82. The third kappa shape index (κ3) is 2.15. The van der Waals surface area contributed by atoms with Gasteiger partial charge in [-0.2, -0.15) is 0 Å². The summed E-state index contributed by atoms with van der Waals surface area (Å²) < 4.78 is 0. The van der Waals surface area contributed by atoms with Crippen LogP contribution in [0.4, 0.5) is 0 Å². The third-order valence-corrected chi connectivity index (χ3v) is 2.26. The van der Waals surface area contributed by atoms with Gasteiger partial charge in [-0.15, -0.1) is 0 Å². The van der Waals surface area contributed by atoms with Crippen molar-refractivity contribution in [1.82, 2.24) is 0 Å². The van der Waals surface area contributed by atoms with Gasteiger partial charge in [0.05, 0.1) is 11.7 Å². The zero-order valence-electron chi connectivity index (χ0n) is 6.67. The number of hydrogen-bond acceptors (Lipinski definition) is 2. The van der Waals surface area contributed by atoms with Gasteiger partial charge in [-0.25, -0.2) is 4.99 Å². The van der Waals surface area contributed by atoms with Crippen LogP contribution >= 0.6 is 23.8 Å². The molecule has 0 heterocycles. The fourth-order valence-corrected chi connectivity index (χ4v) is 1.20. The van der Waals surface area contributed by atoms with Crippen LogP contribution in [-0.4, -0.2) is 5.16 Å². The molecule has 12 heavy (non-hydrogen) atoms. The quantitative estimate of drug-likeness (QED) is 0.524. The SMILES string of the molecule is Cc1cccc(CN=C=S)c1Cl. The molecule has 0 aromatic heterocycles. The molecule has 1 rings (SSSR count). The summed E-state index contributed by atoms with van der Waals surface area (Å²) in [5.41, 5.74) is 2.06. The molecule has 0 aliphatic heterocycles. The van der Waals surface area contributed by atoms with Crippen LogP contribution in [0.3, 0.4) is 0 Å². The number of halogens is 1. The Morgan fingerprint density at radius 3 is 3.00 bits per heavy atom. The van der Waals surface area contributed by atoms with E-state index in [1.807, 2.05) is 25.1 Å². The Hall–Kier alpha value is -0.690. The number of aryl methyl sites for hydroxylation is 1. The van der Waals surface area contributed by atoms with Gasteiger partial charge in [0.25, 0.3) is 0 Å². The second kappa shape index (κ2) is 4.36. The Labute approximate surface area is 82.1 Å². The average Bonchev–Trinajstić information content (AvgIpc) is 2.08. The predicted octanol–water partition coefficient (Wildman–Crippen LogP) is 3.25. The van der Waals surface area contributed by atoms with Gasteiger partial charge in [0.1, 0.15) is 0 Å². The fourth-order valence-electron chi connectivity index (χ4n) is 0.948. The number of rotatable bonds is 2. The molecule has 1 aromatic carbocycles. The van der Waals surface area contributed by atoms with Gasteiger partial charge in [-0.05, 0) is 30.3 Å². The first-order valence-corrected chi connectivity index (χ1v) is 4.32. The molecule has 1 nitrogen and oxygen atoms in total. The number of nitrogens with zero attached hydrogens (tertiary/aromatic N) is 1. The maximum atomic E-state index is 6.01. The second-order valence-electron chi connectivity index (χ2n) is 2.46. The summed E-state index contributed by atoms with van der Waals surface area (Å²) in [7, 11) is 0. The van der Waals surface area contributed by atoms with Crippen molar-refractivity contribution < 1.29 is 0 Å². The fraction of sp³-hybridized carbons (Fsp3) is 0.222. The summed E-state index contributed by atoms with van der Waals surface area (Å²) in [5, 5.41) is 3.08. The van der Waals surface area contributed by atoms with Crippen LogP contribution in [0.1, 0.15) is 11.1 Å². The van der Waals surface area contributed by atoms with Gasteiger partial charge in [0.2, 0.25) is 0 Å². The van der Waals surface area contributed by atoms with E-state index in [1.165, 1.54) is 0 Å². The van der Waals surface area contributed by atoms with Crippen molar-refractivity contribution in [1.29, 1.82) is 0 Å². The molecule has 0 spiro atoms. The highest BCUT2D eigenvalue weighted by atomic mass is 35.5. The molecule has 0 atom stereocenters. The van der Waals surface area contributed by atoms with E-state index in [2.05, 4.69) is 22.4 Å². The van der Waals surface area contributed by atoms with E-state index in [-0.39, 0.29) is 0 Å². The molecule has 0 bridgehead atoms. The lowest BCUT2D eigenvalue weighted by atomic mass is 10.1. The number of aliphatic imine (C=N–C) groups is 1. The molecule has 0 fully saturated rings. The third-order valence-electron chi connectivity index (χ3n) is 1.59. The van der Waals surface area contributed by atoms with Gasteiger partial charge >= 0.3 is 0 Å². The summed E-state index contributed by atoms with van der Waals surface area (Å²) in [6, 6.07) is 5.86. The molecule has 62 valence electrons. The molecule has 0 aliphatic rings. The highest BCUT2D eigenvalue weighted by Gasteiger charge is 2.00. The van der Waals surface area contributed by atoms with E-state index in [1.54, 1.807) is 0 Å². The van der Waals surface area contributed by atoms with Gasteiger partial charge in [0, 0.05) is 5.02 Å². The van der Waals surface area contributed by atoms with Crippen molar-refractivity contribution >= 4 is 29.0 Å². The van der Waals surface area contributed by atoms with Crippen LogP contribution in [0.25, 0.3) is 0 Å². The van der Waals surface area contributed by atoms with E-state index in [0.717, 1.165) is 16.1 Å². The summed E-state index contributed by atoms with van der Waals surface area (Å²) in [5.74, 6) is 0. The Morgan fingerprint density at radius 1 is 1.58 bits per heavy atom. The number of hydrogen-bond donors (Lipinski definition) is 0. The van der Waals surface area contributed by atoms with E-state index in [0.29, 0.717) is 6.54 Å². The van der Waals surface area contributed by atoms with E-state index < -0.39 is 0 Å². The van der Waals surface area contributed by atoms with Crippen LogP contribution in [0.15, 0.2) is 23.2 Å². The van der Waals surface area contributed by atoms with E-state index in [9.17, 15) is 0 Å². The highest BCUT2D eigenvalue weighted by Crippen LogP contribution is 2.20. The van der Waals surface area contributed by atoms with Crippen molar-refractivity contribution in [3.8, 4) is 0 Å². The maximum absolute atomic E-state index is 6.01. The van der Waals surface area contributed by atoms with Crippen LogP contribution in [0.2, 0.25) is 5.02 Å². The molecular weight excluding hydrogens is 190 g/mol. The van der Waals surface area contributed by atoms with Crippen molar-refractivity contribution in [2.24, 2.45) is 4.99 Å². The van der Waals surface area contributed by atoms with Gasteiger partial charge in [-0.1, -0.05) is 29.8 Å². The molecule has 3 heteroatoms. The zero-order valence-corrected chi connectivity index (χ0v) is 8.25. The molecule has 1 aromatic rings. The standard InChI is InChI=1S/C9H8ClNS/c1-7-3-2-4-8(9(7)10)5-11-6-12/h2-4H,5H2,1H3. The topological polar surface area (TPSA) is 12.4 Å². The highest BCUT2D eigenvalue weighted by molar-refractivity contribution is 7.78. The first kappa shape index (κ1) is 9.40. The number of benzene rings is 1. The average molecular weight is 198 g/mol. The lowest BCUT2D eigenvalue weighted by Crippen LogP contribution is -1.85. The van der Waals surface area contributed by atoms with Crippen LogP contribution in [0, 0.1) is 6.92 Å². The minimum atomic E-state index is 0.518. The Balaban J connectivity index is 2.99. The van der Waals surface area contributed by atoms with Crippen LogP contribution in [0.5, 0.6) is 0 Å². The van der Waals surface area contributed by atoms with Crippen molar-refractivity contribution in [3.63, 3.8) is 0 Å². The monoisotopic (exact) mass is 197 g/mol. The molecule has 0 aliphatic carbocycles. The Kier molecular flexibility index (Phi) is 3.42.